The van der Waals surface area contributed by atoms with E-state index in [0.717, 1.165) is 12.1 Å². The Morgan fingerprint density at radius 3 is 1.65 bits per heavy atom. The van der Waals surface area contributed by atoms with E-state index in [0.29, 0.717) is 0 Å². The first-order valence-corrected chi connectivity index (χ1v) is 14.6. The first-order chi connectivity index (χ1) is 18.5. The van der Waals surface area contributed by atoms with Crippen LogP contribution in [-0.2, 0) is 40.2 Å². The van der Waals surface area contributed by atoms with Crippen LogP contribution in [0.3, 0.4) is 0 Å². The maximum Gasteiger partial charge on any atom is 0.340 e. The average molecular weight is 595 g/mol. The normalized spacial score (nSPS) is 15.1. The number of ether oxygens (including phenoxy) is 2. The van der Waals surface area contributed by atoms with Gasteiger partial charge >= 0.3 is 5.97 Å². The van der Waals surface area contributed by atoms with Crippen LogP contribution in [0.1, 0.15) is 45.7 Å². The van der Waals surface area contributed by atoms with Crippen molar-refractivity contribution in [3.05, 3.63) is 71.3 Å². The van der Waals surface area contributed by atoms with Crippen molar-refractivity contribution in [2.24, 2.45) is 0 Å². The molecule has 0 fully saturated rings. The summed E-state index contributed by atoms with van der Waals surface area (Å²) >= 11 is 0. The van der Waals surface area contributed by atoms with Gasteiger partial charge < -0.3 is 25.7 Å². The average Bonchev–Trinajstić information content (AvgIpc) is 3.09. The lowest BCUT2D eigenvalue weighted by molar-refractivity contribution is -0.144. The standard InChI is InChI=1S/C21H18N2O9S2.C3H6O.C2H6/c1-3-5-10-11(4-2)21(32-20(10)24)12-6-8-14(22)18(33(25,26)27)16(12)31-17-13(21)7-9-15(23)19(17)34(28,29)30;1-3(2)4;1-2/h3-9H,2,22-23H2,1H3,(H,25,26,27)(H,28,29,30);1-2H3;1-2H3/b5-3-;;. The van der Waals surface area contributed by atoms with Crippen molar-refractivity contribution in [1.29, 1.82) is 0 Å². The van der Waals surface area contributed by atoms with E-state index < -0.39 is 64.5 Å². The third-order valence-corrected chi connectivity index (χ3v) is 7.31. The summed E-state index contributed by atoms with van der Waals surface area (Å²) in [4.78, 5) is 20.6. The molecule has 0 aromatic heterocycles. The predicted octanol–water partition coefficient (Wildman–Crippen LogP) is 3.93. The summed E-state index contributed by atoms with van der Waals surface area (Å²) in [6.45, 7) is 12.4. The maximum atomic E-state index is 12.9. The number of hydrogen-bond acceptors (Lipinski definition) is 10. The number of carbonyl (C=O) groups excluding carboxylic acids is 2. The summed E-state index contributed by atoms with van der Waals surface area (Å²) in [5.41, 5.74) is 8.76. The smallest absolute Gasteiger partial charge is 0.340 e. The zero-order chi connectivity index (χ0) is 30.8. The van der Waals surface area contributed by atoms with E-state index in [1.165, 1.54) is 38.1 Å². The van der Waals surface area contributed by atoms with Gasteiger partial charge in [-0.15, -0.1) is 0 Å². The van der Waals surface area contributed by atoms with Crippen LogP contribution in [0.2, 0.25) is 0 Å². The van der Waals surface area contributed by atoms with E-state index in [1.807, 2.05) is 13.8 Å². The Kier molecular flexibility index (Phi) is 9.38. The van der Waals surface area contributed by atoms with Gasteiger partial charge in [-0.1, -0.05) is 38.7 Å². The predicted molar refractivity (Wildman–Crippen MR) is 148 cm³/mol. The lowest BCUT2D eigenvalue weighted by Gasteiger charge is -2.38. The number of hydrogen-bond donors (Lipinski definition) is 4. The zero-order valence-electron chi connectivity index (χ0n) is 22.4. The highest BCUT2D eigenvalue weighted by atomic mass is 32.2. The zero-order valence-corrected chi connectivity index (χ0v) is 24.0. The molecule has 2 heterocycles. The quantitative estimate of drug-likeness (QED) is 0.225. The highest BCUT2D eigenvalue weighted by Crippen LogP contribution is 2.60. The van der Waals surface area contributed by atoms with Gasteiger partial charge in [-0.3, -0.25) is 9.11 Å². The number of nitrogen functional groups attached to an aromatic ring is 2. The maximum absolute atomic E-state index is 12.9. The second kappa shape index (κ2) is 11.6. The Morgan fingerprint density at radius 1 is 0.925 bits per heavy atom. The molecule has 0 unspecified atom stereocenters. The molecule has 6 N–H and O–H groups in total. The lowest BCUT2D eigenvalue weighted by atomic mass is 9.77. The van der Waals surface area contributed by atoms with Crippen LogP contribution < -0.4 is 16.2 Å². The number of carbonyl (C=O) groups is 2. The third kappa shape index (κ3) is 5.51. The molecule has 2 aliphatic heterocycles. The van der Waals surface area contributed by atoms with Crippen molar-refractivity contribution < 1.29 is 45.0 Å². The Labute approximate surface area is 232 Å². The minimum absolute atomic E-state index is 0.0479. The van der Waals surface area contributed by atoms with Gasteiger partial charge in [0.05, 0.1) is 16.9 Å². The number of allylic oxidation sites excluding steroid dienone is 1. The van der Waals surface area contributed by atoms with Gasteiger partial charge in [-0.25, -0.2) is 4.79 Å². The monoisotopic (exact) mass is 594 g/mol. The summed E-state index contributed by atoms with van der Waals surface area (Å²) in [5.74, 6) is -1.89. The van der Waals surface area contributed by atoms with Crippen molar-refractivity contribution in [2.75, 3.05) is 11.5 Å². The number of benzene rings is 2. The van der Waals surface area contributed by atoms with E-state index in [1.54, 1.807) is 13.0 Å². The number of nitrogens with two attached hydrogens (primary N) is 2. The molecular weight excluding hydrogens is 564 g/mol. The highest BCUT2D eigenvalue weighted by Gasteiger charge is 2.56. The Morgan fingerprint density at radius 2 is 1.32 bits per heavy atom. The van der Waals surface area contributed by atoms with Crippen LogP contribution in [0.5, 0.6) is 11.5 Å². The largest absolute Gasteiger partial charge is 0.453 e. The highest BCUT2D eigenvalue weighted by molar-refractivity contribution is 7.86. The number of rotatable bonds is 4. The fraction of sp³-hybridized carbons (Fsp3) is 0.231. The molecule has 0 amide bonds. The second-order valence-corrected chi connectivity index (χ2v) is 11.0. The molecule has 0 atom stereocenters. The van der Waals surface area contributed by atoms with Crippen LogP contribution in [0.15, 0.2) is 70.0 Å². The molecule has 216 valence electrons. The second-order valence-electron chi connectivity index (χ2n) is 8.28. The van der Waals surface area contributed by atoms with Gasteiger partial charge in [0.15, 0.2) is 26.9 Å². The number of ketones is 1. The Balaban J connectivity index is 0.000000858. The summed E-state index contributed by atoms with van der Waals surface area (Å²) in [5, 5.41) is 0. The number of esters is 1. The number of anilines is 2. The fourth-order valence-electron chi connectivity index (χ4n) is 4.22. The van der Waals surface area contributed by atoms with Crippen molar-refractivity contribution in [3.8, 4) is 11.5 Å². The van der Waals surface area contributed by atoms with E-state index in [9.17, 15) is 35.5 Å². The Hall–Kier alpha value is -3.98. The molecule has 2 aliphatic rings. The van der Waals surface area contributed by atoms with Crippen LogP contribution in [0.25, 0.3) is 0 Å². The van der Waals surface area contributed by atoms with E-state index in [2.05, 4.69) is 6.58 Å². The molecule has 0 aliphatic carbocycles. The number of fused-ring (bicyclic) bond motifs is 4. The topological polar surface area (TPSA) is 213 Å². The van der Waals surface area contributed by atoms with Crippen molar-refractivity contribution in [1.82, 2.24) is 0 Å². The molecule has 40 heavy (non-hydrogen) atoms. The molecule has 12 nitrogen and oxygen atoms in total. The first kappa shape index (κ1) is 32.2. The summed E-state index contributed by atoms with van der Waals surface area (Å²) in [6, 6.07) is 4.92. The van der Waals surface area contributed by atoms with Gasteiger partial charge in [0.2, 0.25) is 0 Å². The fourth-order valence-corrected chi connectivity index (χ4v) is 5.72. The third-order valence-electron chi connectivity index (χ3n) is 5.44. The van der Waals surface area contributed by atoms with Gasteiger partial charge in [0.25, 0.3) is 20.2 Å². The van der Waals surface area contributed by atoms with Gasteiger partial charge in [0, 0.05) is 16.7 Å². The van der Waals surface area contributed by atoms with Gasteiger partial charge in [0.1, 0.15) is 5.78 Å². The summed E-state index contributed by atoms with van der Waals surface area (Å²) < 4.78 is 80.1. The molecule has 14 heteroatoms. The molecule has 0 radical (unpaired) electrons. The van der Waals surface area contributed by atoms with E-state index in [-0.39, 0.29) is 28.1 Å². The molecule has 0 saturated carbocycles. The van der Waals surface area contributed by atoms with E-state index in [4.69, 9.17) is 20.9 Å². The molecule has 2 aromatic rings. The van der Waals surface area contributed by atoms with Crippen LogP contribution in [0.4, 0.5) is 11.4 Å². The molecule has 0 bridgehead atoms. The molecule has 4 rings (SSSR count). The minimum atomic E-state index is -5.03. The van der Waals surface area contributed by atoms with Crippen LogP contribution in [-0.4, -0.2) is 37.7 Å². The minimum Gasteiger partial charge on any atom is -0.453 e. The summed E-state index contributed by atoms with van der Waals surface area (Å²) in [6.07, 6.45) is 4.27. The molecule has 1 spiro atoms. The van der Waals surface area contributed by atoms with E-state index >= 15 is 0 Å². The Bertz CT molecular complexity index is 1580. The lowest BCUT2D eigenvalue weighted by Crippen LogP contribution is -2.35. The van der Waals surface area contributed by atoms with Crippen LogP contribution in [0, 0.1) is 0 Å². The molecule has 0 saturated heterocycles. The van der Waals surface area contributed by atoms with Gasteiger partial charge in [-0.2, -0.15) is 16.8 Å². The van der Waals surface area contributed by atoms with Crippen molar-refractivity contribution in [3.63, 3.8) is 0 Å². The molecule has 2 aromatic carbocycles. The summed E-state index contributed by atoms with van der Waals surface area (Å²) in [7, 11) is -10.1. The van der Waals surface area contributed by atoms with Crippen molar-refractivity contribution in [2.45, 2.75) is 50.0 Å². The van der Waals surface area contributed by atoms with Crippen molar-refractivity contribution >= 4 is 43.4 Å². The van der Waals surface area contributed by atoms with Gasteiger partial charge in [-0.05, 0) is 45.0 Å². The van der Waals surface area contributed by atoms with Crippen LogP contribution >= 0.6 is 0 Å². The SMILES string of the molecule is C=CC1=C(/C=C\C)C(=O)OC12c1ccc(N)c(S(=O)(=O)O)c1Oc1c2ccc(N)c1S(=O)(=O)O.CC.CC(C)=O. The molecular formula is C26H30N2O10S2. The first-order valence-electron chi connectivity index (χ1n) is 11.7. The number of Topliss-reactive ketones (excluding diaryl/α,β-unsaturated/α-hetero) is 1.